The standard InChI is InChI=1S/C30H31N3O5S/c1-16-8-6-10-25(31-16)33-30(35)26-17(2)32-20-12-18(24-9-7-11-39-24)13-21(34)28(20)27(26)19-14-22(36-3)29(38-5)23(15-19)37-4/h6-11,14-15,18,27,32H,12-13H2,1-5H3,(H,31,33,35)/t18-,27-/m0/s1. The summed E-state index contributed by atoms with van der Waals surface area (Å²) in [5.74, 6) is 0.895. The number of allylic oxidation sites excluding steroid dienone is 3. The number of carbonyl (C=O) groups is 2. The first kappa shape index (κ1) is 26.5. The smallest absolute Gasteiger partial charge is 0.255 e. The quantitative estimate of drug-likeness (QED) is 0.406. The second-order valence-corrected chi connectivity index (χ2v) is 10.6. The first-order valence-electron chi connectivity index (χ1n) is 12.7. The molecule has 0 saturated carbocycles. The molecule has 8 nitrogen and oxygen atoms in total. The van der Waals surface area contributed by atoms with Gasteiger partial charge in [-0.1, -0.05) is 12.1 Å². The van der Waals surface area contributed by atoms with Crippen LogP contribution in [0.25, 0.3) is 0 Å². The van der Waals surface area contributed by atoms with Gasteiger partial charge in [0.1, 0.15) is 5.82 Å². The van der Waals surface area contributed by atoms with Crippen LogP contribution in [-0.2, 0) is 9.59 Å². The molecule has 3 aromatic rings. The summed E-state index contributed by atoms with van der Waals surface area (Å²) in [5.41, 5.74) is 4.03. The van der Waals surface area contributed by atoms with Crippen LogP contribution in [0.4, 0.5) is 5.82 Å². The molecular weight excluding hydrogens is 514 g/mol. The number of amides is 1. The molecule has 0 saturated heterocycles. The second kappa shape index (κ2) is 10.9. The highest BCUT2D eigenvalue weighted by molar-refractivity contribution is 7.10. The van der Waals surface area contributed by atoms with E-state index in [-0.39, 0.29) is 17.6 Å². The number of ether oxygens (including phenoxy) is 3. The first-order chi connectivity index (χ1) is 18.8. The molecule has 202 valence electrons. The molecule has 1 amide bonds. The molecule has 2 aliphatic rings. The van der Waals surface area contributed by atoms with Crippen LogP contribution in [0.15, 0.2) is 70.4 Å². The van der Waals surface area contributed by atoms with Gasteiger partial charge in [-0.15, -0.1) is 11.3 Å². The van der Waals surface area contributed by atoms with Crippen LogP contribution in [0, 0.1) is 6.92 Å². The van der Waals surface area contributed by atoms with Gasteiger partial charge in [-0.3, -0.25) is 9.59 Å². The third kappa shape index (κ3) is 5.02. The summed E-state index contributed by atoms with van der Waals surface area (Å²) >= 11 is 1.66. The summed E-state index contributed by atoms with van der Waals surface area (Å²) in [5, 5.41) is 8.39. The van der Waals surface area contributed by atoms with E-state index >= 15 is 0 Å². The summed E-state index contributed by atoms with van der Waals surface area (Å²) in [6.45, 7) is 3.73. The largest absolute Gasteiger partial charge is 0.493 e. The van der Waals surface area contributed by atoms with E-state index in [1.165, 1.54) is 4.88 Å². The van der Waals surface area contributed by atoms with Gasteiger partial charge < -0.3 is 24.8 Å². The molecule has 0 spiro atoms. The lowest BCUT2D eigenvalue weighted by atomic mass is 9.72. The van der Waals surface area contributed by atoms with E-state index in [9.17, 15) is 9.59 Å². The van der Waals surface area contributed by atoms with E-state index in [0.29, 0.717) is 58.3 Å². The van der Waals surface area contributed by atoms with E-state index in [0.717, 1.165) is 11.4 Å². The Morgan fingerprint density at radius 2 is 1.77 bits per heavy atom. The lowest BCUT2D eigenvalue weighted by molar-refractivity contribution is -0.116. The monoisotopic (exact) mass is 545 g/mol. The number of thiophene rings is 1. The number of methoxy groups -OCH3 is 3. The molecule has 2 N–H and O–H groups in total. The zero-order valence-corrected chi connectivity index (χ0v) is 23.4. The number of aryl methyl sites for hydroxylation is 1. The fourth-order valence-corrected chi connectivity index (χ4v) is 6.29. The van der Waals surface area contributed by atoms with Crippen LogP contribution in [-0.4, -0.2) is 38.0 Å². The van der Waals surface area contributed by atoms with E-state index < -0.39 is 5.92 Å². The Labute approximate surface area is 231 Å². The van der Waals surface area contributed by atoms with Crippen LogP contribution in [0.5, 0.6) is 17.2 Å². The highest BCUT2D eigenvalue weighted by atomic mass is 32.1. The lowest BCUT2D eigenvalue weighted by Gasteiger charge is -2.37. The van der Waals surface area contributed by atoms with Gasteiger partial charge in [0.25, 0.3) is 5.91 Å². The van der Waals surface area contributed by atoms with Gasteiger partial charge in [0.15, 0.2) is 17.3 Å². The summed E-state index contributed by atoms with van der Waals surface area (Å²) in [7, 11) is 4.63. The number of aromatic nitrogens is 1. The fraction of sp³-hybridized carbons (Fsp3) is 0.300. The molecule has 1 aliphatic heterocycles. The molecule has 2 aromatic heterocycles. The number of rotatable bonds is 7. The van der Waals surface area contributed by atoms with Gasteiger partial charge in [-0.05, 0) is 61.5 Å². The second-order valence-electron chi connectivity index (χ2n) is 9.61. The summed E-state index contributed by atoms with van der Waals surface area (Å²) in [6, 6.07) is 13.2. The number of hydrogen-bond acceptors (Lipinski definition) is 8. The van der Waals surface area contributed by atoms with Gasteiger partial charge in [0, 0.05) is 51.4 Å². The van der Waals surface area contributed by atoms with Crippen molar-refractivity contribution in [2.45, 2.75) is 38.5 Å². The first-order valence-corrected chi connectivity index (χ1v) is 13.5. The van der Waals surface area contributed by atoms with Crippen molar-refractivity contribution in [2.24, 2.45) is 0 Å². The number of nitrogens with one attached hydrogen (secondary N) is 2. The highest BCUT2D eigenvalue weighted by Gasteiger charge is 2.41. The van der Waals surface area contributed by atoms with Crippen molar-refractivity contribution in [2.75, 3.05) is 26.6 Å². The summed E-state index contributed by atoms with van der Waals surface area (Å²) in [6.07, 6.45) is 1.05. The number of anilines is 1. The molecule has 0 fully saturated rings. The molecule has 1 aliphatic carbocycles. The minimum absolute atomic E-state index is 0.00684. The minimum atomic E-state index is -0.642. The Bertz CT molecular complexity index is 1470. The number of benzene rings is 1. The van der Waals surface area contributed by atoms with Crippen molar-refractivity contribution in [3.05, 3.63) is 86.5 Å². The zero-order chi connectivity index (χ0) is 27.7. The zero-order valence-electron chi connectivity index (χ0n) is 22.6. The lowest BCUT2D eigenvalue weighted by Crippen LogP contribution is -2.37. The molecule has 0 bridgehead atoms. The van der Waals surface area contributed by atoms with Crippen molar-refractivity contribution in [3.63, 3.8) is 0 Å². The Hall–Kier alpha value is -4.11. The maximum absolute atomic E-state index is 13.9. The highest BCUT2D eigenvalue weighted by Crippen LogP contribution is 2.49. The number of carbonyl (C=O) groups excluding carboxylic acids is 2. The van der Waals surface area contributed by atoms with E-state index in [1.54, 1.807) is 38.7 Å². The van der Waals surface area contributed by atoms with Crippen molar-refractivity contribution in [1.82, 2.24) is 10.3 Å². The summed E-state index contributed by atoms with van der Waals surface area (Å²) in [4.78, 5) is 33.4. The molecule has 5 rings (SSSR count). The number of Topliss-reactive ketones (excluding diaryl/α,β-unsaturated/α-hetero) is 1. The van der Waals surface area contributed by atoms with Gasteiger partial charge in [-0.25, -0.2) is 4.98 Å². The van der Waals surface area contributed by atoms with Crippen molar-refractivity contribution in [1.29, 1.82) is 0 Å². The maximum atomic E-state index is 13.9. The van der Waals surface area contributed by atoms with Crippen LogP contribution in [0.2, 0.25) is 0 Å². The number of nitrogens with zero attached hydrogens (tertiary/aromatic N) is 1. The Morgan fingerprint density at radius 1 is 1.03 bits per heavy atom. The third-order valence-corrected chi connectivity index (χ3v) is 8.20. The van der Waals surface area contributed by atoms with E-state index in [2.05, 4.69) is 21.7 Å². The minimum Gasteiger partial charge on any atom is -0.493 e. The molecule has 9 heteroatoms. The number of ketones is 1. The normalized spacial score (nSPS) is 18.8. The number of dihydropyridines is 1. The van der Waals surface area contributed by atoms with Crippen molar-refractivity contribution < 1.29 is 23.8 Å². The SMILES string of the molecule is COc1cc([C@H]2C(C(=O)Nc3cccc(C)n3)=C(C)NC3=C2C(=O)C[C@@H](c2cccs2)C3)cc(OC)c1OC. The van der Waals surface area contributed by atoms with Crippen LogP contribution in [0.3, 0.4) is 0 Å². The van der Waals surface area contributed by atoms with Gasteiger partial charge in [-0.2, -0.15) is 0 Å². The number of pyridine rings is 1. The topological polar surface area (TPSA) is 98.8 Å². The molecular formula is C30H31N3O5S. The Morgan fingerprint density at radius 3 is 2.38 bits per heavy atom. The third-order valence-electron chi connectivity index (χ3n) is 7.17. The predicted molar refractivity (Wildman–Crippen MR) is 151 cm³/mol. The van der Waals surface area contributed by atoms with Crippen LogP contribution >= 0.6 is 11.3 Å². The van der Waals surface area contributed by atoms with Crippen LogP contribution in [0.1, 0.15) is 47.7 Å². The Balaban J connectivity index is 1.65. The fourth-order valence-electron chi connectivity index (χ4n) is 5.46. The van der Waals surface area contributed by atoms with Crippen molar-refractivity contribution in [3.8, 4) is 17.2 Å². The molecule has 3 heterocycles. The van der Waals surface area contributed by atoms with E-state index in [4.69, 9.17) is 14.2 Å². The van der Waals surface area contributed by atoms with Crippen molar-refractivity contribution >= 4 is 28.8 Å². The molecule has 0 radical (unpaired) electrons. The predicted octanol–water partition coefficient (Wildman–Crippen LogP) is 5.48. The molecule has 0 unspecified atom stereocenters. The molecule has 39 heavy (non-hydrogen) atoms. The maximum Gasteiger partial charge on any atom is 0.255 e. The number of hydrogen-bond donors (Lipinski definition) is 2. The summed E-state index contributed by atoms with van der Waals surface area (Å²) < 4.78 is 16.8. The van der Waals surface area contributed by atoms with Gasteiger partial charge in [0.05, 0.1) is 21.3 Å². The molecule has 2 atom stereocenters. The average Bonchev–Trinajstić information content (AvgIpc) is 3.46. The van der Waals surface area contributed by atoms with E-state index in [1.807, 2.05) is 49.6 Å². The Kier molecular flexibility index (Phi) is 7.43. The van der Waals surface area contributed by atoms with Gasteiger partial charge >= 0.3 is 0 Å². The van der Waals surface area contributed by atoms with Crippen LogP contribution < -0.4 is 24.8 Å². The molecule has 1 aromatic carbocycles. The average molecular weight is 546 g/mol. The van der Waals surface area contributed by atoms with Gasteiger partial charge in [0.2, 0.25) is 5.75 Å².